The molecule has 0 radical (unpaired) electrons. The van der Waals surface area contributed by atoms with E-state index in [0.29, 0.717) is 13.1 Å². The number of methoxy groups -OCH3 is 1. The standard InChI is InChI=1S/C20H27FN2O2/c1-4-22(2)20(24)15-7-5-6-8-18-19(15)16-13-14(25-3)9-10-17(16)23(18)12-11-21/h9-10,13,15H,4-8,11-12H2,1-3H3/i21-1. The zero-order valence-electron chi connectivity index (χ0n) is 15.3. The first kappa shape index (κ1) is 17.8. The molecule has 1 aliphatic carbocycles. The van der Waals surface area contributed by atoms with Gasteiger partial charge < -0.3 is 14.2 Å². The van der Waals surface area contributed by atoms with Gasteiger partial charge in [-0.3, -0.25) is 4.79 Å². The lowest BCUT2D eigenvalue weighted by molar-refractivity contribution is -0.131. The van der Waals surface area contributed by atoms with E-state index < -0.39 is 6.67 Å². The van der Waals surface area contributed by atoms with E-state index in [9.17, 15) is 9.18 Å². The van der Waals surface area contributed by atoms with Crippen molar-refractivity contribution in [3.63, 3.8) is 0 Å². The van der Waals surface area contributed by atoms with Gasteiger partial charge >= 0.3 is 0 Å². The van der Waals surface area contributed by atoms with Crippen LogP contribution in [0, 0.1) is 0 Å². The van der Waals surface area contributed by atoms with Crippen LogP contribution in [0.25, 0.3) is 10.9 Å². The van der Waals surface area contributed by atoms with Crippen molar-refractivity contribution in [2.45, 2.75) is 45.1 Å². The Morgan fingerprint density at radius 2 is 2.20 bits per heavy atom. The quantitative estimate of drug-likeness (QED) is 0.770. The number of rotatable bonds is 5. The van der Waals surface area contributed by atoms with E-state index in [1.165, 1.54) is 0 Å². The molecule has 136 valence electrons. The highest BCUT2D eigenvalue weighted by molar-refractivity contribution is 5.94. The number of amides is 1. The molecule has 0 saturated heterocycles. The van der Waals surface area contributed by atoms with Gasteiger partial charge in [-0.25, -0.2) is 4.39 Å². The van der Waals surface area contributed by atoms with Crippen LogP contribution in [0.1, 0.15) is 43.4 Å². The Bertz CT molecular complexity index is 769. The number of hydrogen-bond acceptors (Lipinski definition) is 2. The van der Waals surface area contributed by atoms with Crippen LogP contribution in [0.3, 0.4) is 0 Å². The van der Waals surface area contributed by atoms with Gasteiger partial charge in [-0.15, -0.1) is 0 Å². The minimum absolute atomic E-state index is 0.155. The van der Waals surface area contributed by atoms with Gasteiger partial charge in [0.2, 0.25) is 5.91 Å². The topological polar surface area (TPSA) is 34.5 Å². The zero-order valence-corrected chi connectivity index (χ0v) is 15.3. The maximum atomic E-state index is 13.2. The SMILES string of the molecule is CCN(C)C(=O)C1CCCCc2c1c1cc(OC)ccc1n2CC[18F]. The van der Waals surface area contributed by atoms with Crippen LogP contribution in [0.4, 0.5) is 4.39 Å². The molecular weight excluding hydrogens is 318 g/mol. The summed E-state index contributed by atoms with van der Waals surface area (Å²) in [5.74, 6) is 0.776. The molecule has 0 saturated carbocycles. The van der Waals surface area contributed by atoms with Crippen molar-refractivity contribution in [2.75, 3.05) is 27.4 Å². The van der Waals surface area contributed by atoms with E-state index in [1.807, 2.05) is 32.2 Å². The molecule has 0 fully saturated rings. The van der Waals surface area contributed by atoms with Crippen LogP contribution in [0.15, 0.2) is 18.2 Å². The van der Waals surface area contributed by atoms with Crippen molar-refractivity contribution in [3.05, 3.63) is 29.5 Å². The third-order valence-corrected chi connectivity index (χ3v) is 5.38. The lowest BCUT2D eigenvalue weighted by Gasteiger charge is -2.22. The molecule has 3 rings (SSSR count). The minimum atomic E-state index is -0.407. The van der Waals surface area contributed by atoms with Gasteiger partial charge in [0, 0.05) is 30.2 Å². The lowest BCUT2D eigenvalue weighted by Crippen LogP contribution is -2.31. The summed E-state index contributed by atoms with van der Waals surface area (Å²) in [6, 6.07) is 5.90. The molecule has 2 aromatic rings. The van der Waals surface area contributed by atoms with E-state index in [2.05, 4.69) is 4.57 Å². The molecule has 1 unspecified atom stereocenters. The smallest absolute Gasteiger partial charge is 0.229 e. The number of ether oxygens (including phenoxy) is 1. The molecule has 4 nitrogen and oxygen atoms in total. The Kier molecular flexibility index (Phi) is 5.30. The Labute approximate surface area is 148 Å². The van der Waals surface area contributed by atoms with Gasteiger partial charge in [0.1, 0.15) is 12.4 Å². The van der Waals surface area contributed by atoms with Crippen molar-refractivity contribution in [1.82, 2.24) is 9.47 Å². The summed E-state index contributed by atoms with van der Waals surface area (Å²) in [5.41, 5.74) is 3.22. The van der Waals surface area contributed by atoms with Gasteiger partial charge in [0.05, 0.1) is 19.6 Å². The molecular formula is C20H27FN2O2. The number of carbonyl (C=O) groups excluding carboxylic acids is 1. The van der Waals surface area contributed by atoms with Gasteiger partial charge in [-0.1, -0.05) is 6.42 Å². The van der Waals surface area contributed by atoms with Gasteiger partial charge in [0.15, 0.2) is 0 Å². The molecule has 1 heterocycles. The van der Waals surface area contributed by atoms with E-state index >= 15 is 0 Å². The Morgan fingerprint density at radius 1 is 1.40 bits per heavy atom. The van der Waals surface area contributed by atoms with Gasteiger partial charge in [-0.2, -0.15) is 0 Å². The second kappa shape index (κ2) is 7.46. The highest BCUT2D eigenvalue weighted by atomic mass is 18.2. The number of carbonyl (C=O) groups is 1. The number of benzene rings is 1. The van der Waals surface area contributed by atoms with Crippen molar-refractivity contribution in [2.24, 2.45) is 0 Å². The van der Waals surface area contributed by atoms with E-state index in [-0.39, 0.29) is 11.8 Å². The number of aryl methyl sites for hydroxylation is 1. The number of hydrogen-bond donors (Lipinski definition) is 0. The third-order valence-electron chi connectivity index (χ3n) is 5.38. The molecule has 0 spiro atoms. The maximum absolute atomic E-state index is 13.2. The Balaban J connectivity index is 2.24. The highest BCUT2D eigenvalue weighted by Crippen LogP contribution is 2.40. The summed E-state index contributed by atoms with van der Waals surface area (Å²) in [6.45, 7) is 2.61. The number of aromatic nitrogens is 1. The first-order valence-electron chi connectivity index (χ1n) is 9.12. The second-order valence-electron chi connectivity index (χ2n) is 6.73. The predicted molar refractivity (Wildman–Crippen MR) is 98.1 cm³/mol. The third kappa shape index (κ3) is 3.12. The van der Waals surface area contributed by atoms with Crippen molar-refractivity contribution < 1.29 is 13.9 Å². The van der Waals surface area contributed by atoms with Crippen LogP contribution < -0.4 is 4.74 Å². The van der Waals surface area contributed by atoms with E-state index in [0.717, 1.165) is 53.6 Å². The minimum Gasteiger partial charge on any atom is -0.497 e. The van der Waals surface area contributed by atoms with Crippen molar-refractivity contribution >= 4 is 16.8 Å². The molecule has 1 aromatic heterocycles. The molecule has 0 aliphatic heterocycles. The Hall–Kier alpha value is -2.04. The second-order valence-corrected chi connectivity index (χ2v) is 6.73. The number of fused-ring (bicyclic) bond motifs is 3. The molecule has 1 aliphatic rings. The monoisotopic (exact) mass is 345 g/mol. The van der Waals surface area contributed by atoms with Crippen LogP contribution >= 0.6 is 0 Å². The predicted octanol–water partition coefficient (Wildman–Crippen LogP) is 3.91. The average Bonchev–Trinajstić information content (AvgIpc) is 2.80. The number of nitrogens with zero attached hydrogens (tertiary/aromatic N) is 2. The molecule has 25 heavy (non-hydrogen) atoms. The fourth-order valence-corrected chi connectivity index (χ4v) is 3.99. The van der Waals surface area contributed by atoms with E-state index in [4.69, 9.17) is 4.74 Å². The molecule has 5 heteroatoms. The van der Waals surface area contributed by atoms with Crippen molar-refractivity contribution in [1.29, 1.82) is 0 Å². The van der Waals surface area contributed by atoms with Gasteiger partial charge in [-0.05, 0) is 49.9 Å². The highest BCUT2D eigenvalue weighted by Gasteiger charge is 2.32. The molecule has 0 N–H and O–H groups in total. The first-order chi connectivity index (χ1) is 12.1. The molecule has 1 aromatic carbocycles. The zero-order chi connectivity index (χ0) is 18.0. The van der Waals surface area contributed by atoms with Gasteiger partial charge in [0.25, 0.3) is 0 Å². The fourth-order valence-electron chi connectivity index (χ4n) is 3.99. The summed E-state index contributed by atoms with van der Waals surface area (Å²) in [6.07, 6.45) is 3.80. The summed E-state index contributed by atoms with van der Waals surface area (Å²) >= 11 is 0. The summed E-state index contributed by atoms with van der Waals surface area (Å²) in [7, 11) is 3.50. The Morgan fingerprint density at radius 3 is 2.88 bits per heavy atom. The summed E-state index contributed by atoms with van der Waals surface area (Å²) in [5, 5.41) is 1.03. The number of likely N-dealkylation sites (N-methyl/N-ethyl adjacent to an activating group) is 1. The molecule has 0 bridgehead atoms. The molecule has 1 atom stereocenters. The first-order valence-corrected chi connectivity index (χ1v) is 9.12. The van der Waals surface area contributed by atoms with Crippen LogP contribution in [-0.2, 0) is 17.8 Å². The average molecular weight is 345 g/mol. The van der Waals surface area contributed by atoms with Crippen molar-refractivity contribution in [3.8, 4) is 5.75 Å². The summed E-state index contributed by atoms with van der Waals surface area (Å²) < 4.78 is 20.7. The molecule has 1 amide bonds. The normalized spacial score (nSPS) is 17.2. The summed E-state index contributed by atoms with van der Waals surface area (Å²) in [4.78, 5) is 14.8. The fraction of sp³-hybridized carbons (Fsp3) is 0.550. The van der Waals surface area contributed by atoms with Crippen LogP contribution in [0.2, 0.25) is 0 Å². The number of halogens is 1. The lowest BCUT2D eigenvalue weighted by atomic mass is 9.92. The van der Waals surface area contributed by atoms with E-state index in [1.54, 1.807) is 12.0 Å². The number of alkyl halides is 1. The van der Waals surface area contributed by atoms with Crippen LogP contribution in [-0.4, -0.2) is 42.8 Å². The largest absolute Gasteiger partial charge is 0.497 e. The maximum Gasteiger partial charge on any atom is 0.229 e. The van der Waals surface area contributed by atoms with Crippen LogP contribution in [0.5, 0.6) is 5.75 Å².